The smallest absolute Gasteiger partial charge is 0.318 e. The lowest BCUT2D eigenvalue weighted by Crippen LogP contribution is -2.48. The second-order valence-corrected chi connectivity index (χ2v) is 6.55. The molecule has 1 N–H and O–H groups in total. The number of amides is 2. The topological polar surface area (TPSA) is 41.6 Å². The molecule has 3 rings (SSSR count). The molecule has 24 heavy (non-hydrogen) atoms. The van der Waals surface area contributed by atoms with E-state index in [2.05, 4.69) is 5.32 Å². The van der Waals surface area contributed by atoms with Crippen LogP contribution in [-0.2, 0) is 4.74 Å². The van der Waals surface area contributed by atoms with Crippen LogP contribution in [0.4, 0.5) is 13.6 Å². The summed E-state index contributed by atoms with van der Waals surface area (Å²) in [4.78, 5) is 13.9. The second kappa shape index (κ2) is 7.92. The lowest BCUT2D eigenvalue weighted by atomic mass is 9.95. The molecule has 1 aliphatic heterocycles. The average Bonchev–Trinajstić information content (AvgIpc) is 2.57. The maximum atomic E-state index is 13.3. The number of nitrogens with one attached hydrogen (secondary N) is 1. The normalized spacial score (nSPS) is 20.7. The van der Waals surface area contributed by atoms with Gasteiger partial charge in [-0.25, -0.2) is 13.6 Å². The molecular weight excluding hydrogens is 314 g/mol. The zero-order valence-electron chi connectivity index (χ0n) is 13.7. The number of halogens is 2. The molecule has 6 heteroatoms. The monoisotopic (exact) mass is 338 g/mol. The van der Waals surface area contributed by atoms with Crippen molar-refractivity contribution in [3.8, 4) is 0 Å². The lowest BCUT2D eigenvalue weighted by Gasteiger charge is -2.36. The summed E-state index contributed by atoms with van der Waals surface area (Å²) in [6.07, 6.45) is 2.98. The number of hydrogen-bond donors (Lipinski definition) is 1. The van der Waals surface area contributed by atoms with Crippen LogP contribution in [0.1, 0.15) is 43.7 Å². The van der Waals surface area contributed by atoms with Crippen LogP contribution in [0.5, 0.6) is 0 Å². The Morgan fingerprint density at radius 2 is 1.71 bits per heavy atom. The SMILES string of the molecule is O=C(NC(c1ccccc1)C(F)F)N1CCC(OC2CCC2)CC1. The molecule has 1 saturated carbocycles. The minimum atomic E-state index is -2.64. The molecule has 132 valence electrons. The Morgan fingerprint density at radius 3 is 2.25 bits per heavy atom. The summed E-state index contributed by atoms with van der Waals surface area (Å²) in [5.74, 6) is 0. The molecule has 0 radical (unpaired) electrons. The number of urea groups is 1. The van der Waals surface area contributed by atoms with E-state index in [0.717, 1.165) is 25.7 Å². The molecule has 1 heterocycles. The standard InChI is InChI=1S/C18H24F2N2O2/c19-17(20)16(13-5-2-1-3-6-13)21-18(23)22-11-9-15(10-12-22)24-14-7-4-8-14/h1-3,5-6,14-17H,4,7-12H2,(H,21,23). The summed E-state index contributed by atoms with van der Waals surface area (Å²) < 4.78 is 32.6. The fraction of sp³-hybridized carbons (Fsp3) is 0.611. The molecular formula is C18H24F2N2O2. The predicted molar refractivity (Wildman–Crippen MR) is 87.0 cm³/mol. The summed E-state index contributed by atoms with van der Waals surface area (Å²) >= 11 is 0. The zero-order valence-corrected chi connectivity index (χ0v) is 13.7. The van der Waals surface area contributed by atoms with E-state index in [4.69, 9.17) is 4.74 Å². The summed E-state index contributed by atoms with van der Waals surface area (Å²) in [6.45, 7) is 1.10. The van der Waals surface area contributed by atoms with Gasteiger partial charge >= 0.3 is 6.03 Å². The van der Waals surface area contributed by atoms with Crippen molar-refractivity contribution in [2.24, 2.45) is 0 Å². The molecule has 2 amide bonds. The van der Waals surface area contributed by atoms with E-state index < -0.39 is 18.5 Å². The molecule has 1 atom stereocenters. The van der Waals surface area contributed by atoms with Gasteiger partial charge in [-0.1, -0.05) is 30.3 Å². The summed E-state index contributed by atoms with van der Waals surface area (Å²) in [7, 11) is 0. The Bertz CT molecular complexity index is 529. The first kappa shape index (κ1) is 17.1. The number of rotatable bonds is 5. The van der Waals surface area contributed by atoms with Crippen molar-refractivity contribution in [2.45, 2.75) is 56.8 Å². The number of carbonyl (C=O) groups excluding carboxylic acids is 1. The number of likely N-dealkylation sites (tertiary alicyclic amines) is 1. The Kier molecular flexibility index (Phi) is 5.66. The van der Waals surface area contributed by atoms with Gasteiger partial charge in [-0.3, -0.25) is 0 Å². The molecule has 0 aromatic heterocycles. The first-order valence-electron chi connectivity index (χ1n) is 8.67. The maximum absolute atomic E-state index is 13.3. The highest BCUT2D eigenvalue weighted by atomic mass is 19.3. The van der Waals surface area contributed by atoms with E-state index in [1.54, 1.807) is 35.2 Å². The molecule has 1 unspecified atom stereocenters. The minimum Gasteiger partial charge on any atom is -0.375 e. The largest absolute Gasteiger partial charge is 0.375 e. The van der Waals surface area contributed by atoms with Crippen molar-refractivity contribution < 1.29 is 18.3 Å². The van der Waals surface area contributed by atoms with Crippen LogP contribution in [0, 0.1) is 0 Å². The van der Waals surface area contributed by atoms with Crippen LogP contribution in [-0.4, -0.2) is 42.7 Å². The number of hydrogen-bond acceptors (Lipinski definition) is 2. The number of piperidine rings is 1. The van der Waals surface area contributed by atoms with E-state index in [1.165, 1.54) is 6.42 Å². The Morgan fingerprint density at radius 1 is 1.08 bits per heavy atom. The van der Waals surface area contributed by atoms with Gasteiger partial charge in [0.15, 0.2) is 0 Å². The third kappa shape index (κ3) is 4.23. The quantitative estimate of drug-likeness (QED) is 0.889. The Labute approximate surface area is 141 Å². The Hall–Kier alpha value is -1.69. The highest BCUT2D eigenvalue weighted by Crippen LogP contribution is 2.27. The highest BCUT2D eigenvalue weighted by molar-refractivity contribution is 5.75. The van der Waals surface area contributed by atoms with Gasteiger partial charge in [-0.05, 0) is 37.7 Å². The Balaban J connectivity index is 1.50. The molecule has 1 aromatic carbocycles. The van der Waals surface area contributed by atoms with Crippen LogP contribution >= 0.6 is 0 Å². The van der Waals surface area contributed by atoms with Gasteiger partial charge in [0.1, 0.15) is 6.04 Å². The van der Waals surface area contributed by atoms with Crippen molar-refractivity contribution in [3.05, 3.63) is 35.9 Å². The van der Waals surface area contributed by atoms with Crippen LogP contribution < -0.4 is 5.32 Å². The van der Waals surface area contributed by atoms with Crippen LogP contribution in [0.2, 0.25) is 0 Å². The van der Waals surface area contributed by atoms with Crippen molar-refractivity contribution in [2.75, 3.05) is 13.1 Å². The van der Waals surface area contributed by atoms with E-state index >= 15 is 0 Å². The summed E-state index contributed by atoms with van der Waals surface area (Å²) in [5, 5.41) is 2.48. The van der Waals surface area contributed by atoms with Crippen molar-refractivity contribution in [3.63, 3.8) is 0 Å². The van der Waals surface area contributed by atoms with Gasteiger partial charge in [0.05, 0.1) is 12.2 Å². The van der Waals surface area contributed by atoms with E-state index in [-0.39, 0.29) is 6.10 Å². The summed E-state index contributed by atoms with van der Waals surface area (Å²) in [6, 6.07) is 6.67. The number of carbonyl (C=O) groups is 1. The second-order valence-electron chi connectivity index (χ2n) is 6.55. The van der Waals surface area contributed by atoms with E-state index in [1.807, 2.05) is 0 Å². The van der Waals surface area contributed by atoms with Crippen molar-refractivity contribution in [1.29, 1.82) is 0 Å². The molecule has 0 spiro atoms. The van der Waals surface area contributed by atoms with Crippen molar-refractivity contribution >= 4 is 6.03 Å². The van der Waals surface area contributed by atoms with Gasteiger partial charge in [0.2, 0.25) is 0 Å². The molecule has 1 aromatic rings. The molecule has 0 bridgehead atoms. The van der Waals surface area contributed by atoms with Gasteiger partial charge < -0.3 is 15.0 Å². The molecule has 1 saturated heterocycles. The van der Waals surface area contributed by atoms with Gasteiger partial charge in [-0.2, -0.15) is 0 Å². The van der Waals surface area contributed by atoms with Crippen LogP contribution in [0.25, 0.3) is 0 Å². The number of benzene rings is 1. The number of ether oxygens (including phenoxy) is 1. The van der Waals surface area contributed by atoms with Gasteiger partial charge in [0, 0.05) is 13.1 Å². The average molecular weight is 338 g/mol. The fourth-order valence-corrected chi connectivity index (χ4v) is 3.15. The fourth-order valence-electron chi connectivity index (χ4n) is 3.15. The lowest BCUT2D eigenvalue weighted by molar-refractivity contribution is -0.0699. The third-order valence-electron chi connectivity index (χ3n) is 4.86. The highest BCUT2D eigenvalue weighted by Gasteiger charge is 2.30. The van der Waals surface area contributed by atoms with Crippen molar-refractivity contribution in [1.82, 2.24) is 10.2 Å². The first-order chi connectivity index (χ1) is 11.6. The molecule has 1 aliphatic carbocycles. The molecule has 4 nitrogen and oxygen atoms in total. The summed E-state index contributed by atoms with van der Waals surface area (Å²) in [5.41, 5.74) is 0.420. The van der Waals surface area contributed by atoms with Crippen LogP contribution in [0.3, 0.4) is 0 Å². The zero-order chi connectivity index (χ0) is 16.9. The molecule has 2 aliphatic rings. The van der Waals surface area contributed by atoms with Gasteiger partial charge in [-0.15, -0.1) is 0 Å². The predicted octanol–water partition coefficient (Wildman–Crippen LogP) is 3.74. The number of alkyl halides is 2. The first-order valence-corrected chi connectivity index (χ1v) is 8.67. The number of nitrogens with zero attached hydrogens (tertiary/aromatic N) is 1. The van der Waals surface area contributed by atoms with Crippen LogP contribution in [0.15, 0.2) is 30.3 Å². The minimum absolute atomic E-state index is 0.194. The van der Waals surface area contributed by atoms with Gasteiger partial charge in [0.25, 0.3) is 6.43 Å². The molecule has 2 fully saturated rings. The van der Waals surface area contributed by atoms with E-state index in [9.17, 15) is 13.6 Å². The third-order valence-corrected chi connectivity index (χ3v) is 4.86. The van der Waals surface area contributed by atoms with E-state index in [0.29, 0.717) is 24.8 Å². The maximum Gasteiger partial charge on any atom is 0.318 e.